The highest BCUT2D eigenvalue weighted by molar-refractivity contribution is 7.92. The molecule has 154 valence electrons. The minimum Gasteiger partial charge on any atom is -0.384 e. The summed E-state index contributed by atoms with van der Waals surface area (Å²) >= 11 is 0. The number of nitrogens with one attached hydrogen (secondary N) is 1. The van der Waals surface area contributed by atoms with Crippen LogP contribution in [0, 0.1) is 18.6 Å². The fraction of sp³-hybridized carbons (Fsp3) is 0.333. The van der Waals surface area contributed by atoms with Crippen LogP contribution in [0.2, 0.25) is 0 Å². The lowest BCUT2D eigenvalue weighted by molar-refractivity contribution is 0.0530. The molecule has 0 saturated carbocycles. The standard InChI is InChI=1S/C18H19F2N5O3S/c1-9-8-25(5-6-28-9)18-15-14(22-10(2)23-18)16(17(21)24-15)29(26,27)13-7-11(19)3-4-12(13)20/h3-4,7,9,24H,5-6,8,21H2,1-2H3. The Kier molecular flexibility index (Phi) is 4.66. The number of benzene rings is 1. The van der Waals surface area contributed by atoms with E-state index in [-0.39, 0.29) is 17.4 Å². The van der Waals surface area contributed by atoms with Gasteiger partial charge in [0, 0.05) is 13.1 Å². The van der Waals surface area contributed by atoms with Crippen molar-refractivity contribution in [3.05, 3.63) is 35.7 Å². The molecular formula is C18H19F2N5O3S. The summed E-state index contributed by atoms with van der Waals surface area (Å²) in [5.74, 6) is -1.37. The summed E-state index contributed by atoms with van der Waals surface area (Å²) in [7, 11) is -4.49. The van der Waals surface area contributed by atoms with Gasteiger partial charge in [0.1, 0.15) is 44.1 Å². The van der Waals surface area contributed by atoms with Crippen LogP contribution in [0.25, 0.3) is 11.0 Å². The van der Waals surface area contributed by atoms with E-state index in [4.69, 9.17) is 10.5 Å². The Morgan fingerprint density at radius 3 is 2.79 bits per heavy atom. The largest absolute Gasteiger partial charge is 0.384 e. The molecule has 3 heterocycles. The Labute approximate surface area is 165 Å². The number of nitrogen functional groups attached to an aromatic ring is 1. The van der Waals surface area contributed by atoms with Crippen LogP contribution in [-0.2, 0) is 14.6 Å². The summed E-state index contributed by atoms with van der Waals surface area (Å²) in [6.45, 7) is 5.13. The van der Waals surface area contributed by atoms with Gasteiger partial charge in [-0.05, 0) is 32.0 Å². The molecule has 2 aromatic heterocycles. The van der Waals surface area contributed by atoms with Crippen LogP contribution in [0.3, 0.4) is 0 Å². The number of aryl methyl sites for hydroxylation is 1. The van der Waals surface area contributed by atoms with E-state index in [0.29, 0.717) is 42.9 Å². The number of fused-ring (bicyclic) bond motifs is 1. The minimum atomic E-state index is -4.49. The molecule has 1 aliphatic rings. The second-order valence-corrected chi connectivity index (χ2v) is 8.75. The zero-order valence-corrected chi connectivity index (χ0v) is 16.6. The Hall–Kier alpha value is -2.79. The number of nitrogens with zero attached hydrogens (tertiary/aromatic N) is 3. The highest BCUT2D eigenvalue weighted by Gasteiger charge is 2.32. The highest BCUT2D eigenvalue weighted by Crippen LogP contribution is 2.36. The number of H-pyrrole nitrogens is 1. The van der Waals surface area contributed by atoms with Gasteiger partial charge in [0.15, 0.2) is 5.82 Å². The number of anilines is 2. The van der Waals surface area contributed by atoms with Crippen molar-refractivity contribution in [3.63, 3.8) is 0 Å². The first kappa shape index (κ1) is 19.5. The zero-order valence-electron chi connectivity index (χ0n) is 15.7. The van der Waals surface area contributed by atoms with Gasteiger partial charge in [0.25, 0.3) is 0 Å². The van der Waals surface area contributed by atoms with Crippen molar-refractivity contribution in [1.29, 1.82) is 0 Å². The van der Waals surface area contributed by atoms with Crippen molar-refractivity contribution in [3.8, 4) is 0 Å². The minimum absolute atomic E-state index is 0.0350. The molecule has 1 aliphatic heterocycles. The Morgan fingerprint density at radius 2 is 2.07 bits per heavy atom. The number of sulfone groups is 1. The Bertz CT molecular complexity index is 1210. The average Bonchev–Trinajstić information content (AvgIpc) is 2.99. The van der Waals surface area contributed by atoms with E-state index in [2.05, 4.69) is 15.0 Å². The van der Waals surface area contributed by atoms with E-state index in [1.165, 1.54) is 0 Å². The number of morpholine rings is 1. The molecule has 3 aromatic rings. The number of aromatic amines is 1. The van der Waals surface area contributed by atoms with Gasteiger partial charge in [-0.2, -0.15) is 0 Å². The van der Waals surface area contributed by atoms with E-state index in [1.54, 1.807) is 6.92 Å². The molecule has 1 unspecified atom stereocenters. The van der Waals surface area contributed by atoms with Gasteiger partial charge >= 0.3 is 0 Å². The van der Waals surface area contributed by atoms with Crippen molar-refractivity contribution >= 4 is 32.5 Å². The lowest BCUT2D eigenvalue weighted by atomic mass is 10.3. The fourth-order valence-electron chi connectivity index (χ4n) is 3.46. The lowest BCUT2D eigenvalue weighted by Gasteiger charge is -2.32. The number of ether oxygens (including phenoxy) is 1. The first-order chi connectivity index (χ1) is 13.7. The van der Waals surface area contributed by atoms with Crippen LogP contribution in [0.1, 0.15) is 12.7 Å². The Morgan fingerprint density at radius 1 is 1.31 bits per heavy atom. The number of halogens is 2. The third kappa shape index (κ3) is 3.29. The summed E-state index contributed by atoms with van der Waals surface area (Å²) in [4.78, 5) is 12.2. The molecule has 0 amide bonds. The summed E-state index contributed by atoms with van der Waals surface area (Å²) < 4.78 is 59.7. The number of hydrogen-bond acceptors (Lipinski definition) is 7. The molecule has 1 aromatic carbocycles. The van der Waals surface area contributed by atoms with E-state index in [9.17, 15) is 17.2 Å². The molecular weight excluding hydrogens is 404 g/mol. The van der Waals surface area contributed by atoms with Crippen LogP contribution >= 0.6 is 0 Å². The molecule has 3 N–H and O–H groups in total. The first-order valence-electron chi connectivity index (χ1n) is 8.91. The lowest BCUT2D eigenvalue weighted by Crippen LogP contribution is -2.41. The molecule has 0 aliphatic carbocycles. The number of nitrogens with two attached hydrogens (primary N) is 1. The van der Waals surface area contributed by atoms with Crippen LogP contribution < -0.4 is 10.6 Å². The summed E-state index contributed by atoms with van der Waals surface area (Å²) in [5, 5.41) is 0. The van der Waals surface area contributed by atoms with Gasteiger partial charge in [0.05, 0.1) is 12.7 Å². The maximum Gasteiger partial charge on any atom is 0.215 e. The van der Waals surface area contributed by atoms with E-state index in [1.807, 2.05) is 11.8 Å². The number of rotatable bonds is 3. The van der Waals surface area contributed by atoms with Crippen LogP contribution in [0.15, 0.2) is 28.0 Å². The predicted octanol–water partition coefficient (Wildman–Crippen LogP) is 2.18. The molecule has 8 nitrogen and oxygen atoms in total. The molecule has 0 spiro atoms. The van der Waals surface area contributed by atoms with Crippen LogP contribution in [0.5, 0.6) is 0 Å². The van der Waals surface area contributed by atoms with Gasteiger partial charge in [-0.15, -0.1) is 0 Å². The molecule has 11 heteroatoms. The van der Waals surface area contributed by atoms with Crippen LogP contribution in [-0.4, -0.2) is 49.2 Å². The van der Waals surface area contributed by atoms with Crippen molar-refractivity contribution in [2.24, 2.45) is 0 Å². The second-order valence-electron chi connectivity index (χ2n) is 6.89. The average molecular weight is 423 g/mol. The molecule has 0 bridgehead atoms. The molecule has 29 heavy (non-hydrogen) atoms. The van der Waals surface area contributed by atoms with E-state index < -0.39 is 31.3 Å². The SMILES string of the molecule is Cc1nc(N2CCOC(C)C2)c2[nH]c(N)c(S(=O)(=O)c3cc(F)ccc3F)c2n1. The monoisotopic (exact) mass is 423 g/mol. The fourth-order valence-corrected chi connectivity index (χ4v) is 5.02. The van der Waals surface area contributed by atoms with Gasteiger partial charge < -0.3 is 20.4 Å². The summed E-state index contributed by atoms with van der Waals surface area (Å²) in [6, 6.07) is 2.23. The third-order valence-corrected chi connectivity index (χ3v) is 6.56. The number of hydrogen-bond donors (Lipinski definition) is 2. The van der Waals surface area contributed by atoms with Crippen molar-refractivity contribution in [1.82, 2.24) is 15.0 Å². The molecule has 4 rings (SSSR count). The van der Waals surface area contributed by atoms with Crippen molar-refractivity contribution < 1.29 is 21.9 Å². The van der Waals surface area contributed by atoms with Crippen molar-refractivity contribution in [2.45, 2.75) is 29.7 Å². The third-order valence-electron chi connectivity index (χ3n) is 4.71. The van der Waals surface area contributed by atoms with E-state index in [0.717, 1.165) is 12.1 Å². The maximum atomic E-state index is 14.2. The normalized spacial score (nSPS) is 17.8. The summed E-state index contributed by atoms with van der Waals surface area (Å²) in [6.07, 6.45) is -0.0361. The van der Waals surface area contributed by atoms with Gasteiger partial charge in [-0.25, -0.2) is 27.2 Å². The van der Waals surface area contributed by atoms with Crippen molar-refractivity contribution in [2.75, 3.05) is 30.3 Å². The highest BCUT2D eigenvalue weighted by atomic mass is 32.2. The quantitative estimate of drug-likeness (QED) is 0.664. The summed E-state index contributed by atoms with van der Waals surface area (Å²) in [5.41, 5.74) is 6.33. The smallest absolute Gasteiger partial charge is 0.215 e. The second kappa shape index (κ2) is 6.92. The molecule has 1 atom stereocenters. The number of aromatic nitrogens is 3. The zero-order chi connectivity index (χ0) is 20.9. The van der Waals surface area contributed by atoms with Crippen LogP contribution in [0.4, 0.5) is 20.4 Å². The molecule has 1 fully saturated rings. The first-order valence-corrected chi connectivity index (χ1v) is 10.4. The van der Waals surface area contributed by atoms with Gasteiger partial charge in [-0.3, -0.25) is 0 Å². The maximum absolute atomic E-state index is 14.2. The predicted molar refractivity (Wildman–Crippen MR) is 102 cm³/mol. The molecule has 1 saturated heterocycles. The Balaban J connectivity index is 1.95. The molecule has 0 radical (unpaired) electrons. The topological polar surface area (TPSA) is 114 Å². The van der Waals surface area contributed by atoms with Gasteiger partial charge in [-0.1, -0.05) is 0 Å². The van der Waals surface area contributed by atoms with Gasteiger partial charge in [0.2, 0.25) is 9.84 Å². The van der Waals surface area contributed by atoms with E-state index >= 15 is 0 Å².